The summed E-state index contributed by atoms with van der Waals surface area (Å²) in [5, 5.41) is 10.9. The van der Waals surface area contributed by atoms with Crippen molar-refractivity contribution in [2.75, 3.05) is 0 Å². The van der Waals surface area contributed by atoms with Gasteiger partial charge in [0.05, 0.1) is 22.5 Å². The minimum Gasteiger partial charge on any atom is -0.494 e. The van der Waals surface area contributed by atoms with Gasteiger partial charge < -0.3 is 10.1 Å². The molecule has 2 heterocycles. The molecule has 4 nitrogen and oxygen atoms in total. The number of aromatic nitrogens is 1. The quantitative estimate of drug-likeness (QED) is 0.600. The number of amides is 1. The molecule has 24 heavy (non-hydrogen) atoms. The average molecular weight is 355 g/mol. The van der Waals surface area contributed by atoms with Crippen molar-refractivity contribution in [3.63, 3.8) is 0 Å². The zero-order valence-corrected chi connectivity index (χ0v) is 13.9. The molecule has 0 atom stereocenters. The molecular weight excluding hydrogens is 344 g/mol. The molecule has 2 N–H and O–H groups in total. The largest absolute Gasteiger partial charge is 0.494 e. The van der Waals surface area contributed by atoms with Crippen molar-refractivity contribution in [2.24, 2.45) is 4.99 Å². The fourth-order valence-electron chi connectivity index (χ4n) is 2.83. The van der Waals surface area contributed by atoms with Gasteiger partial charge in [0.15, 0.2) is 5.88 Å². The Hall–Kier alpha value is -2.50. The highest BCUT2D eigenvalue weighted by Gasteiger charge is 2.33. The van der Waals surface area contributed by atoms with Crippen molar-refractivity contribution in [3.05, 3.63) is 70.2 Å². The molecule has 0 spiro atoms. The monoisotopic (exact) mass is 354 g/mol. The zero-order valence-electron chi connectivity index (χ0n) is 12.2. The van der Waals surface area contributed by atoms with Crippen LogP contribution in [-0.4, -0.2) is 21.7 Å². The molecule has 0 aliphatic carbocycles. The average Bonchev–Trinajstić information content (AvgIpc) is 3.08. The summed E-state index contributed by atoms with van der Waals surface area (Å²) in [7, 11) is 0. The van der Waals surface area contributed by atoms with E-state index in [0.717, 1.165) is 16.0 Å². The maximum atomic E-state index is 12.4. The highest BCUT2D eigenvalue weighted by atomic mass is 35.5. The first kappa shape index (κ1) is 15.1. The number of nitrogens with zero attached hydrogens (tertiary/aromatic N) is 1. The summed E-state index contributed by atoms with van der Waals surface area (Å²) in [6, 6.07) is 14.3. The molecule has 0 bridgehead atoms. The SMILES string of the molecule is O=C1N=C(c2ccc(S)cc2)c2c(O)[nH]c(-c3cccc(Cl)c3)c21. The Kier molecular flexibility index (Phi) is 3.48. The summed E-state index contributed by atoms with van der Waals surface area (Å²) in [6.07, 6.45) is 0. The number of carbonyl (C=O) groups excluding carboxylic acids is 1. The number of aliphatic imine (C=N–C) groups is 1. The van der Waals surface area contributed by atoms with Crippen molar-refractivity contribution >= 4 is 35.8 Å². The first-order valence-corrected chi connectivity index (χ1v) is 8.01. The Morgan fingerprint density at radius 1 is 1.04 bits per heavy atom. The highest BCUT2D eigenvalue weighted by molar-refractivity contribution is 7.80. The molecule has 0 saturated heterocycles. The van der Waals surface area contributed by atoms with Crippen LogP contribution in [0.2, 0.25) is 5.02 Å². The summed E-state index contributed by atoms with van der Waals surface area (Å²) in [4.78, 5) is 20.3. The third-order valence-electron chi connectivity index (χ3n) is 3.90. The van der Waals surface area contributed by atoms with Gasteiger partial charge in [0.2, 0.25) is 0 Å². The lowest BCUT2D eigenvalue weighted by Gasteiger charge is -2.01. The molecule has 118 valence electrons. The number of fused-ring (bicyclic) bond motifs is 1. The van der Waals surface area contributed by atoms with E-state index in [0.29, 0.717) is 27.6 Å². The number of halogens is 1. The number of thiol groups is 1. The second-order valence-corrected chi connectivity index (χ2v) is 6.37. The van der Waals surface area contributed by atoms with E-state index in [1.54, 1.807) is 18.2 Å². The van der Waals surface area contributed by atoms with E-state index in [2.05, 4.69) is 22.6 Å². The van der Waals surface area contributed by atoms with E-state index in [1.807, 2.05) is 30.3 Å². The first-order chi connectivity index (χ1) is 11.5. The topological polar surface area (TPSA) is 65.4 Å². The van der Waals surface area contributed by atoms with Crippen molar-refractivity contribution in [2.45, 2.75) is 4.90 Å². The Labute approximate surface area is 148 Å². The number of aromatic hydroxyl groups is 1. The third kappa shape index (κ3) is 2.33. The van der Waals surface area contributed by atoms with E-state index in [-0.39, 0.29) is 11.8 Å². The number of hydrogen-bond donors (Lipinski definition) is 3. The number of carbonyl (C=O) groups is 1. The smallest absolute Gasteiger partial charge is 0.280 e. The normalized spacial score (nSPS) is 13.1. The molecule has 4 rings (SSSR count). The number of nitrogens with one attached hydrogen (secondary N) is 1. The third-order valence-corrected chi connectivity index (χ3v) is 4.43. The summed E-state index contributed by atoms with van der Waals surface area (Å²) in [5.41, 5.74) is 3.20. The van der Waals surface area contributed by atoms with Crippen LogP contribution in [0.25, 0.3) is 11.3 Å². The van der Waals surface area contributed by atoms with Crippen molar-refractivity contribution in [1.82, 2.24) is 4.98 Å². The number of aromatic amines is 1. The molecular formula is C18H11ClN2O2S. The predicted octanol–water partition coefficient (Wildman–Crippen LogP) is 4.32. The standard InChI is InChI=1S/C18H11ClN2O2S/c19-11-3-1-2-10(8-11)16-14-13(17(22)21-16)15(20-18(14)23)9-4-6-12(24)7-5-9/h1-8,21-22,24H. The van der Waals surface area contributed by atoms with Gasteiger partial charge >= 0.3 is 0 Å². The second-order valence-electron chi connectivity index (χ2n) is 5.42. The van der Waals surface area contributed by atoms with E-state index >= 15 is 0 Å². The van der Waals surface area contributed by atoms with Crippen molar-refractivity contribution in [3.8, 4) is 17.1 Å². The number of rotatable bonds is 2. The number of benzene rings is 2. The first-order valence-electron chi connectivity index (χ1n) is 7.18. The number of hydrogen-bond acceptors (Lipinski definition) is 3. The number of H-pyrrole nitrogens is 1. The van der Waals surface area contributed by atoms with Gasteiger partial charge in [-0.25, -0.2) is 4.99 Å². The van der Waals surface area contributed by atoms with Gasteiger partial charge in [-0.3, -0.25) is 4.79 Å². The molecule has 0 fully saturated rings. The summed E-state index contributed by atoms with van der Waals surface area (Å²) in [5.74, 6) is -0.471. The van der Waals surface area contributed by atoms with Crippen LogP contribution in [0.3, 0.4) is 0 Å². The van der Waals surface area contributed by atoms with Crippen LogP contribution in [0.15, 0.2) is 58.4 Å². The van der Waals surface area contributed by atoms with Crippen LogP contribution < -0.4 is 0 Å². The Balaban J connectivity index is 1.89. The summed E-state index contributed by atoms with van der Waals surface area (Å²) >= 11 is 10.3. The molecule has 3 aromatic rings. The van der Waals surface area contributed by atoms with Crippen LogP contribution in [0.4, 0.5) is 0 Å². The fourth-order valence-corrected chi connectivity index (χ4v) is 3.17. The molecule has 0 saturated carbocycles. The Morgan fingerprint density at radius 2 is 1.79 bits per heavy atom. The zero-order chi connectivity index (χ0) is 16.8. The maximum absolute atomic E-state index is 12.4. The lowest BCUT2D eigenvalue weighted by Crippen LogP contribution is -1.99. The van der Waals surface area contributed by atoms with Gasteiger partial charge in [-0.2, -0.15) is 0 Å². The minimum atomic E-state index is -0.388. The lowest BCUT2D eigenvalue weighted by atomic mass is 10.0. The molecule has 1 aliphatic heterocycles. The van der Waals surface area contributed by atoms with Crippen LogP contribution >= 0.6 is 24.2 Å². The van der Waals surface area contributed by atoms with Crippen LogP contribution in [-0.2, 0) is 0 Å². The fraction of sp³-hybridized carbons (Fsp3) is 0. The van der Waals surface area contributed by atoms with Gasteiger partial charge in [0.25, 0.3) is 5.91 Å². The van der Waals surface area contributed by atoms with Gasteiger partial charge in [-0.1, -0.05) is 35.9 Å². The summed E-state index contributed by atoms with van der Waals surface area (Å²) < 4.78 is 0. The van der Waals surface area contributed by atoms with Gasteiger partial charge in [-0.05, 0) is 24.3 Å². The molecule has 0 radical (unpaired) electrons. The molecule has 1 aliphatic rings. The molecule has 0 unspecified atom stereocenters. The van der Waals surface area contributed by atoms with Gasteiger partial charge in [-0.15, -0.1) is 12.6 Å². The van der Waals surface area contributed by atoms with E-state index in [1.165, 1.54) is 0 Å². The van der Waals surface area contributed by atoms with Crippen molar-refractivity contribution in [1.29, 1.82) is 0 Å². The molecule has 2 aromatic carbocycles. The van der Waals surface area contributed by atoms with E-state index < -0.39 is 0 Å². The van der Waals surface area contributed by atoms with E-state index in [9.17, 15) is 9.90 Å². The lowest BCUT2D eigenvalue weighted by molar-refractivity contribution is 0.101. The Morgan fingerprint density at radius 3 is 2.50 bits per heavy atom. The van der Waals surface area contributed by atoms with Crippen molar-refractivity contribution < 1.29 is 9.90 Å². The maximum Gasteiger partial charge on any atom is 0.280 e. The van der Waals surface area contributed by atoms with Crippen LogP contribution in [0, 0.1) is 0 Å². The summed E-state index contributed by atoms with van der Waals surface area (Å²) in [6.45, 7) is 0. The molecule has 1 amide bonds. The van der Waals surface area contributed by atoms with E-state index in [4.69, 9.17) is 11.6 Å². The highest BCUT2D eigenvalue weighted by Crippen LogP contribution is 2.38. The van der Waals surface area contributed by atoms with Gasteiger partial charge in [0.1, 0.15) is 0 Å². The minimum absolute atomic E-state index is 0.0838. The Bertz CT molecular complexity index is 1010. The van der Waals surface area contributed by atoms with Crippen LogP contribution in [0.5, 0.6) is 5.88 Å². The van der Waals surface area contributed by atoms with Gasteiger partial charge in [0, 0.05) is 21.0 Å². The molecule has 6 heteroatoms. The van der Waals surface area contributed by atoms with Crippen LogP contribution in [0.1, 0.15) is 21.5 Å². The predicted molar refractivity (Wildman–Crippen MR) is 96.6 cm³/mol. The second kappa shape index (κ2) is 5.54. The molecule has 1 aromatic heterocycles.